The highest BCUT2D eigenvalue weighted by Crippen LogP contribution is 2.35. The van der Waals surface area contributed by atoms with Crippen molar-refractivity contribution in [2.45, 2.75) is 19.4 Å². The van der Waals surface area contributed by atoms with E-state index in [1.807, 2.05) is 26.2 Å². The lowest BCUT2D eigenvalue weighted by molar-refractivity contribution is -0.121. The van der Waals surface area contributed by atoms with E-state index in [1.54, 1.807) is 23.3 Å². The lowest BCUT2D eigenvalue weighted by Crippen LogP contribution is -2.25. The van der Waals surface area contributed by atoms with Gasteiger partial charge in [0.2, 0.25) is 5.91 Å². The van der Waals surface area contributed by atoms with Gasteiger partial charge in [0.15, 0.2) is 0 Å². The molecule has 0 aromatic carbocycles. The quantitative estimate of drug-likeness (QED) is 0.934. The Kier molecular flexibility index (Phi) is 3.70. The Morgan fingerprint density at radius 1 is 1.48 bits per heavy atom. The summed E-state index contributed by atoms with van der Waals surface area (Å²) in [7, 11) is 1.86. The lowest BCUT2D eigenvalue weighted by Gasteiger charge is -2.17. The monoisotopic (exact) mass is 286 g/mol. The first kappa shape index (κ1) is 13.8. The largest absolute Gasteiger partial charge is 0.373 e. The summed E-state index contributed by atoms with van der Waals surface area (Å²) in [4.78, 5) is 16.5. The molecule has 0 spiro atoms. The number of rotatable bonds is 3. The van der Waals surface area contributed by atoms with Gasteiger partial charge in [-0.2, -0.15) is 5.10 Å². The maximum Gasteiger partial charge on any atom is 0.230 e. The SMILES string of the molecule is Cc1cnccc1NC(=O)[C@H]1CCO[C@@H]1c1cnn(C)c1. The minimum Gasteiger partial charge on any atom is -0.373 e. The Balaban J connectivity index is 1.76. The number of hydrogen-bond acceptors (Lipinski definition) is 4. The molecule has 1 aliphatic rings. The second-order valence-corrected chi connectivity index (χ2v) is 5.31. The maximum atomic E-state index is 12.5. The average molecular weight is 286 g/mol. The van der Waals surface area contributed by atoms with Crippen LogP contribution in [-0.4, -0.2) is 27.3 Å². The zero-order chi connectivity index (χ0) is 14.8. The second-order valence-electron chi connectivity index (χ2n) is 5.31. The fourth-order valence-electron chi connectivity index (χ4n) is 2.61. The van der Waals surface area contributed by atoms with Crippen molar-refractivity contribution in [3.63, 3.8) is 0 Å². The molecular formula is C15H18N4O2. The van der Waals surface area contributed by atoms with Gasteiger partial charge in [0.1, 0.15) is 0 Å². The minimum atomic E-state index is -0.221. The molecule has 2 aromatic heterocycles. The molecule has 1 aliphatic heterocycles. The minimum absolute atomic E-state index is 0.0179. The Morgan fingerprint density at radius 2 is 2.33 bits per heavy atom. The predicted octanol–water partition coefficient (Wildman–Crippen LogP) is 1.84. The van der Waals surface area contributed by atoms with E-state index < -0.39 is 0 Å². The topological polar surface area (TPSA) is 69.0 Å². The summed E-state index contributed by atoms with van der Waals surface area (Å²) >= 11 is 0. The van der Waals surface area contributed by atoms with Crippen LogP contribution in [0.2, 0.25) is 0 Å². The van der Waals surface area contributed by atoms with Gasteiger partial charge in [0, 0.05) is 43.5 Å². The van der Waals surface area contributed by atoms with E-state index in [-0.39, 0.29) is 17.9 Å². The van der Waals surface area contributed by atoms with E-state index in [2.05, 4.69) is 15.4 Å². The summed E-state index contributed by atoms with van der Waals surface area (Å²) in [6, 6.07) is 1.81. The summed E-state index contributed by atoms with van der Waals surface area (Å²) in [6.45, 7) is 2.51. The van der Waals surface area contributed by atoms with Crippen molar-refractivity contribution in [1.82, 2.24) is 14.8 Å². The van der Waals surface area contributed by atoms with E-state index in [9.17, 15) is 4.79 Å². The van der Waals surface area contributed by atoms with Gasteiger partial charge >= 0.3 is 0 Å². The van der Waals surface area contributed by atoms with Crippen LogP contribution in [0.5, 0.6) is 0 Å². The number of aromatic nitrogens is 3. The van der Waals surface area contributed by atoms with E-state index >= 15 is 0 Å². The van der Waals surface area contributed by atoms with Gasteiger partial charge in [-0.05, 0) is 25.0 Å². The van der Waals surface area contributed by atoms with Crippen LogP contribution in [0.25, 0.3) is 0 Å². The lowest BCUT2D eigenvalue weighted by atomic mass is 9.96. The molecule has 0 saturated carbocycles. The van der Waals surface area contributed by atoms with Gasteiger partial charge in [-0.1, -0.05) is 0 Å². The third-order valence-corrected chi connectivity index (χ3v) is 3.76. The number of hydrogen-bond donors (Lipinski definition) is 1. The fraction of sp³-hybridized carbons (Fsp3) is 0.400. The molecule has 0 aliphatic carbocycles. The molecule has 21 heavy (non-hydrogen) atoms. The molecule has 3 rings (SSSR count). The van der Waals surface area contributed by atoms with Crippen molar-refractivity contribution < 1.29 is 9.53 Å². The van der Waals surface area contributed by atoms with E-state index in [4.69, 9.17) is 4.74 Å². The first-order chi connectivity index (χ1) is 10.1. The average Bonchev–Trinajstić information content (AvgIpc) is 3.09. The number of nitrogens with zero attached hydrogens (tertiary/aromatic N) is 3. The van der Waals surface area contributed by atoms with Crippen LogP contribution >= 0.6 is 0 Å². The van der Waals surface area contributed by atoms with Crippen molar-refractivity contribution in [2.75, 3.05) is 11.9 Å². The molecule has 1 saturated heterocycles. The predicted molar refractivity (Wildman–Crippen MR) is 77.6 cm³/mol. The van der Waals surface area contributed by atoms with Gasteiger partial charge in [-0.25, -0.2) is 0 Å². The van der Waals surface area contributed by atoms with Crippen LogP contribution in [0, 0.1) is 12.8 Å². The Hall–Kier alpha value is -2.21. The van der Waals surface area contributed by atoms with Crippen LogP contribution < -0.4 is 5.32 Å². The first-order valence-corrected chi connectivity index (χ1v) is 6.97. The number of amides is 1. The molecule has 6 heteroatoms. The number of aryl methyl sites for hydroxylation is 2. The van der Waals surface area contributed by atoms with Gasteiger partial charge in [-0.15, -0.1) is 0 Å². The van der Waals surface area contributed by atoms with Crippen molar-refractivity contribution in [2.24, 2.45) is 13.0 Å². The van der Waals surface area contributed by atoms with Crippen molar-refractivity contribution in [3.05, 3.63) is 42.0 Å². The van der Waals surface area contributed by atoms with E-state index in [0.29, 0.717) is 6.61 Å². The first-order valence-electron chi connectivity index (χ1n) is 6.97. The van der Waals surface area contributed by atoms with Gasteiger partial charge in [0.05, 0.1) is 18.2 Å². The third-order valence-electron chi connectivity index (χ3n) is 3.76. The molecule has 1 amide bonds. The molecule has 6 nitrogen and oxygen atoms in total. The van der Waals surface area contributed by atoms with E-state index in [1.165, 1.54) is 0 Å². The zero-order valence-corrected chi connectivity index (χ0v) is 12.1. The molecule has 1 N–H and O–H groups in total. The maximum absolute atomic E-state index is 12.5. The van der Waals surface area contributed by atoms with Crippen LogP contribution in [0.1, 0.15) is 23.7 Å². The fourth-order valence-corrected chi connectivity index (χ4v) is 2.61. The molecule has 2 atom stereocenters. The third kappa shape index (κ3) is 2.80. The molecule has 110 valence electrons. The normalized spacial score (nSPS) is 21.4. The summed E-state index contributed by atoms with van der Waals surface area (Å²) in [5, 5.41) is 7.12. The number of nitrogens with one attached hydrogen (secondary N) is 1. The Labute approximate surface area is 123 Å². The standard InChI is InChI=1S/C15H18N4O2/c1-10-7-16-5-3-13(10)18-15(20)12-4-6-21-14(12)11-8-17-19(2)9-11/h3,5,7-9,12,14H,4,6H2,1-2H3,(H,16,18,20)/t12-,14+/m0/s1. The van der Waals surface area contributed by atoms with Gasteiger partial charge in [-0.3, -0.25) is 14.5 Å². The number of ether oxygens (including phenoxy) is 1. The van der Waals surface area contributed by atoms with Crippen LogP contribution in [0.4, 0.5) is 5.69 Å². The summed E-state index contributed by atoms with van der Waals surface area (Å²) in [6.07, 6.45) is 7.56. The van der Waals surface area contributed by atoms with Crippen molar-refractivity contribution in [3.8, 4) is 0 Å². The molecular weight excluding hydrogens is 268 g/mol. The number of carbonyl (C=O) groups is 1. The van der Waals surface area contributed by atoms with Crippen LogP contribution in [0.3, 0.4) is 0 Å². The highest BCUT2D eigenvalue weighted by Gasteiger charge is 2.36. The Morgan fingerprint density at radius 3 is 3.05 bits per heavy atom. The van der Waals surface area contributed by atoms with Crippen molar-refractivity contribution in [1.29, 1.82) is 0 Å². The molecule has 3 heterocycles. The van der Waals surface area contributed by atoms with E-state index in [0.717, 1.165) is 23.2 Å². The summed E-state index contributed by atoms with van der Waals surface area (Å²) in [5.41, 5.74) is 2.69. The van der Waals surface area contributed by atoms with Crippen LogP contribution in [-0.2, 0) is 16.6 Å². The molecule has 0 bridgehead atoms. The molecule has 2 aromatic rings. The van der Waals surface area contributed by atoms with Gasteiger partial charge in [0.25, 0.3) is 0 Å². The molecule has 0 radical (unpaired) electrons. The Bertz CT molecular complexity index is 653. The van der Waals surface area contributed by atoms with Crippen LogP contribution in [0.15, 0.2) is 30.9 Å². The second kappa shape index (κ2) is 5.65. The summed E-state index contributed by atoms with van der Waals surface area (Å²) in [5.74, 6) is -0.211. The van der Waals surface area contributed by atoms with Gasteiger partial charge < -0.3 is 10.1 Å². The smallest absolute Gasteiger partial charge is 0.230 e. The highest BCUT2D eigenvalue weighted by atomic mass is 16.5. The number of anilines is 1. The summed E-state index contributed by atoms with van der Waals surface area (Å²) < 4.78 is 7.45. The molecule has 0 unspecified atom stereocenters. The number of carbonyl (C=O) groups excluding carboxylic acids is 1. The molecule has 1 fully saturated rings. The highest BCUT2D eigenvalue weighted by molar-refractivity contribution is 5.93. The zero-order valence-electron chi connectivity index (χ0n) is 12.1. The van der Waals surface area contributed by atoms with Crippen molar-refractivity contribution >= 4 is 11.6 Å². The number of pyridine rings is 1.